The number of Topliss-reactive ketones (excluding diaryl/α,β-unsaturated/α-hetero) is 1. The molecule has 10 nitrogen and oxygen atoms in total. The molecule has 0 saturated heterocycles. The fourth-order valence-corrected chi connectivity index (χ4v) is 9.09. The van der Waals surface area contributed by atoms with E-state index in [1.165, 1.54) is 37.9 Å². The van der Waals surface area contributed by atoms with Crippen molar-refractivity contribution in [2.75, 3.05) is 27.4 Å². The molecule has 0 fully saturated rings. The number of carbonyl (C=O) groups excluding carboxylic acids is 3. The number of aromatic nitrogens is 1. The molecule has 4 atom stereocenters. The second-order valence-corrected chi connectivity index (χ2v) is 32.6. The topological polar surface area (TPSA) is 119 Å². The number of nitrogens with zero attached hydrogens (tertiary/aromatic N) is 1. The lowest BCUT2D eigenvalue weighted by Crippen LogP contribution is -2.41. The molecule has 1 heterocycles. The molecule has 0 aliphatic carbocycles. The number of ether oxygens (including phenoxy) is 4. The van der Waals surface area contributed by atoms with Gasteiger partial charge in [-0.3, -0.25) is 9.78 Å². The molecule has 0 N–H and O–H groups in total. The van der Waals surface area contributed by atoms with Crippen LogP contribution in [0.15, 0.2) is 131 Å². The first kappa shape index (κ1) is 66.3. The normalized spacial score (nSPS) is 15.1. The molecule has 414 valence electrons. The maximum absolute atomic E-state index is 13.3. The van der Waals surface area contributed by atoms with Crippen molar-refractivity contribution < 1.29 is 42.2 Å². The molecule has 3 rings (SSSR count). The van der Waals surface area contributed by atoms with Gasteiger partial charge in [-0.2, -0.15) is 0 Å². The quantitative estimate of drug-likeness (QED) is 0.0415. The van der Waals surface area contributed by atoms with Crippen LogP contribution >= 0.6 is 0 Å². The zero-order valence-electron chi connectivity index (χ0n) is 49.5. The average molecular weight is 1070 g/mol. The Morgan fingerprint density at radius 3 is 1.32 bits per heavy atom. The van der Waals surface area contributed by atoms with E-state index in [9.17, 15) is 14.4 Å². The summed E-state index contributed by atoms with van der Waals surface area (Å²) in [6.07, 6.45) is 12.4. The summed E-state index contributed by atoms with van der Waals surface area (Å²) in [5, 5.41) is 0.409. The van der Waals surface area contributed by atoms with Gasteiger partial charge in [0.05, 0.1) is 18.9 Å². The van der Waals surface area contributed by atoms with Crippen LogP contribution in [0.2, 0.25) is 36.3 Å². The van der Waals surface area contributed by atoms with E-state index in [2.05, 4.69) is 112 Å². The minimum absolute atomic E-state index is 0.182. The number of aryl methyl sites for hydroxylation is 1. The van der Waals surface area contributed by atoms with Crippen LogP contribution in [0.3, 0.4) is 0 Å². The summed E-state index contributed by atoms with van der Waals surface area (Å²) >= 11 is 0. The molecule has 0 bridgehead atoms. The lowest BCUT2D eigenvalue weighted by atomic mass is 10.0. The van der Waals surface area contributed by atoms with E-state index in [4.69, 9.17) is 27.8 Å². The lowest BCUT2D eigenvalue weighted by molar-refractivity contribution is -0.164. The van der Waals surface area contributed by atoms with Gasteiger partial charge < -0.3 is 27.8 Å². The average Bonchev–Trinajstić information content (AvgIpc) is 3.33. The number of ketones is 1. The first-order valence-electron chi connectivity index (χ1n) is 26.6. The van der Waals surface area contributed by atoms with E-state index in [0.29, 0.717) is 31.6 Å². The summed E-state index contributed by atoms with van der Waals surface area (Å²) in [4.78, 5) is 42.6. The van der Waals surface area contributed by atoms with Gasteiger partial charge in [0.1, 0.15) is 6.10 Å². The van der Waals surface area contributed by atoms with Crippen molar-refractivity contribution in [3.63, 3.8) is 0 Å². The first-order chi connectivity index (χ1) is 35.0. The minimum atomic E-state index is -1.76. The van der Waals surface area contributed by atoms with Crippen LogP contribution < -0.4 is 0 Å². The van der Waals surface area contributed by atoms with Crippen LogP contribution in [0.5, 0.6) is 0 Å². The Bertz CT molecular complexity index is 2390. The van der Waals surface area contributed by atoms with Crippen LogP contribution in [0.4, 0.5) is 0 Å². The molecule has 2 aromatic carbocycles. The summed E-state index contributed by atoms with van der Waals surface area (Å²) < 4.78 is 35.1. The Morgan fingerprint density at radius 2 is 0.947 bits per heavy atom. The SMILES string of the molecule is COC(C(=O)O[C@@H](C/C=C(/C)CC/C=C(\C)CO[Si](C)(C)C(C)(C)C)C(C)=O)c1ccccc1.CO[C@@H](C(=O)O[C@@H](C/C=C(/C)CC/C=C(\C)CO[Si](C)(C)C(C)(C)C)/C(C)=C/c1cccc(C)n1)c1ccccc1. The van der Waals surface area contributed by atoms with Gasteiger partial charge in [0.25, 0.3) is 0 Å². The second kappa shape index (κ2) is 32.0. The smallest absolute Gasteiger partial charge is 0.340 e. The highest BCUT2D eigenvalue weighted by atomic mass is 28.4. The predicted molar refractivity (Wildman–Crippen MR) is 314 cm³/mol. The Labute approximate surface area is 455 Å². The van der Waals surface area contributed by atoms with Crippen molar-refractivity contribution in [2.24, 2.45) is 0 Å². The van der Waals surface area contributed by atoms with Gasteiger partial charge in [-0.05, 0) is 145 Å². The molecule has 1 aromatic heterocycles. The first-order valence-corrected chi connectivity index (χ1v) is 32.4. The summed E-state index contributed by atoms with van der Waals surface area (Å²) in [5.41, 5.74) is 9.10. The zero-order chi connectivity index (χ0) is 56.6. The maximum atomic E-state index is 13.3. The number of hydrogen-bond acceptors (Lipinski definition) is 10. The number of esters is 2. The zero-order valence-corrected chi connectivity index (χ0v) is 51.5. The summed E-state index contributed by atoms with van der Waals surface area (Å²) in [5.74, 6) is -1.14. The third-order valence-corrected chi connectivity index (χ3v) is 23.2. The highest BCUT2D eigenvalue weighted by Gasteiger charge is 2.38. The second-order valence-electron chi connectivity index (χ2n) is 23.0. The Morgan fingerprint density at radius 1 is 0.547 bits per heavy atom. The van der Waals surface area contributed by atoms with E-state index in [0.717, 1.165) is 53.8 Å². The Balaban J connectivity index is 0.000000523. The maximum Gasteiger partial charge on any atom is 0.340 e. The Hall–Kier alpha value is -4.83. The van der Waals surface area contributed by atoms with Crippen LogP contribution in [-0.4, -0.2) is 79.0 Å². The molecule has 0 amide bonds. The van der Waals surface area contributed by atoms with Crippen LogP contribution in [0.1, 0.15) is 156 Å². The van der Waals surface area contributed by atoms with E-state index in [1.54, 1.807) is 12.1 Å². The molecule has 0 spiro atoms. The molecule has 75 heavy (non-hydrogen) atoms. The van der Waals surface area contributed by atoms with E-state index < -0.39 is 53.0 Å². The van der Waals surface area contributed by atoms with Gasteiger partial charge in [0, 0.05) is 32.8 Å². The number of rotatable bonds is 27. The third-order valence-electron chi connectivity index (χ3n) is 14.2. The molecular weight excluding hydrogens is 971 g/mol. The monoisotopic (exact) mass is 1070 g/mol. The number of carbonyl (C=O) groups is 3. The minimum Gasteiger partial charge on any atom is -0.455 e. The largest absolute Gasteiger partial charge is 0.455 e. The van der Waals surface area contributed by atoms with Gasteiger partial charge in [-0.15, -0.1) is 0 Å². The highest BCUT2D eigenvalue weighted by Crippen LogP contribution is 2.38. The highest BCUT2D eigenvalue weighted by molar-refractivity contribution is 6.74. The van der Waals surface area contributed by atoms with Gasteiger partial charge in [-0.1, -0.05) is 155 Å². The molecule has 0 aliphatic heterocycles. The predicted octanol–water partition coefficient (Wildman–Crippen LogP) is 16.1. The van der Waals surface area contributed by atoms with E-state index >= 15 is 0 Å². The summed E-state index contributed by atoms with van der Waals surface area (Å²) in [6, 6.07) is 24.5. The molecular formula is C63H95NO9Si2. The van der Waals surface area contributed by atoms with Crippen molar-refractivity contribution in [1.29, 1.82) is 0 Å². The molecule has 0 saturated carbocycles. The van der Waals surface area contributed by atoms with Crippen LogP contribution in [-0.2, 0) is 42.2 Å². The molecule has 0 radical (unpaired) electrons. The molecule has 12 heteroatoms. The number of benzene rings is 2. The molecule has 0 aliphatic rings. The summed E-state index contributed by atoms with van der Waals surface area (Å²) in [7, 11) is -0.512. The standard InChI is InChI=1S/C35H51NO4Si.C28H44O5Si/c1-26(16-14-17-27(2)25-39-41(9,10)35(5,6)7)22-23-32(28(3)24-31-21-15-18-29(4)36-31)40-34(37)33(38-8)30-19-12-11-13-20-30;1-21(14-13-15-22(2)20-32-34(8,9)28(4,5)6)18-19-25(23(3)29)33-27(30)26(31-7)24-16-11-10-12-17-24/h11-13,15,17-22,24,32-33H,14,16,23,25H2,1-10H3;10-12,15-18,25-26H,13-14,19-20H2,1-9H3/b26-22-,27-17+,28-24+;21-18-,22-15+/t32-,33+;25-,26?/m00/s1. The van der Waals surface area contributed by atoms with Crippen LogP contribution in [0, 0.1) is 6.92 Å². The third kappa shape index (κ3) is 24.4. The van der Waals surface area contributed by atoms with E-state index in [1.807, 2.05) is 99.7 Å². The number of methoxy groups -OCH3 is 2. The van der Waals surface area contributed by atoms with Gasteiger partial charge in [0.2, 0.25) is 0 Å². The van der Waals surface area contributed by atoms with Crippen molar-refractivity contribution in [3.8, 4) is 0 Å². The Kier molecular flexibility index (Phi) is 28.3. The molecule has 3 aromatic rings. The fourth-order valence-electron chi connectivity index (χ4n) is 7.04. The van der Waals surface area contributed by atoms with Crippen molar-refractivity contribution in [2.45, 2.75) is 189 Å². The number of hydrogen-bond donors (Lipinski definition) is 0. The lowest BCUT2D eigenvalue weighted by Gasteiger charge is -2.36. The van der Waals surface area contributed by atoms with E-state index in [-0.39, 0.29) is 15.9 Å². The van der Waals surface area contributed by atoms with Gasteiger partial charge in [-0.25, -0.2) is 9.59 Å². The van der Waals surface area contributed by atoms with Crippen molar-refractivity contribution in [1.82, 2.24) is 4.98 Å². The van der Waals surface area contributed by atoms with Gasteiger partial charge >= 0.3 is 11.9 Å². The van der Waals surface area contributed by atoms with Gasteiger partial charge in [0.15, 0.2) is 40.7 Å². The summed E-state index contributed by atoms with van der Waals surface area (Å²) in [6.45, 7) is 37.8. The number of pyridine rings is 1. The van der Waals surface area contributed by atoms with Crippen molar-refractivity contribution >= 4 is 40.4 Å². The van der Waals surface area contributed by atoms with Crippen molar-refractivity contribution in [3.05, 3.63) is 154 Å². The van der Waals surface area contributed by atoms with Crippen LogP contribution in [0.25, 0.3) is 6.08 Å². The number of allylic oxidation sites excluding steroid dienone is 4. The fraction of sp³-hybridized carbons (Fsp3) is 0.524. The molecule has 1 unspecified atom stereocenters.